The largest absolute Gasteiger partial charge is 0.496 e. The molecule has 0 N–H and O–H groups in total. The molecular formula is C21H27O2P. The van der Waals surface area contributed by atoms with Crippen molar-refractivity contribution in [3.8, 4) is 22.6 Å². The van der Waals surface area contributed by atoms with Gasteiger partial charge in [0.05, 0.1) is 7.11 Å². The second kappa shape index (κ2) is 6.41. The van der Waals surface area contributed by atoms with Gasteiger partial charge >= 0.3 is 0 Å². The van der Waals surface area contributed by atoms with Gasteiger partial charge in [-0.2, -0.15) is 0 Å². The van der Waals surface area contributed by atoms with E-state index in [0.717, 1.165) is 17.1 Å². The standard InChI is InChI=1S/C21H27O2P/c1-14(2)20-23-18-13-9-11-16(19(18)24(20)21(3,4)5)15-10-7-8-12-17(15)22-6/h7-14,20H,1-6H3/t20?,24-/m1/s1. The van der Waals surface area contributed by atoms with E-state index in [0.29, 0.717) is 5.92 Å². The summed E-state index contributed by atoms with van der Waals surface area (Å²) in [6.07, 6.45) is 0. The van der Waals surface area contributed by atoms with Crippen LogP contribution in [-0.2, 0) is 0 Å². The zero-order valence-electron chi connectivity index (χ0n) is 15.5. The van der Waals surface area contributed by atoms with Crippen LogP contribution in [0.3, 0.4) is 0 Å². The van der Waals surface area contributed by atoms with Gasteiger partial charge in [-0.3, -0.25) is 0 Å². The Labute approximate surface area is 146 Å². The molecular weight excluding hydrogens is 315 g/mol. The molecule has 0 radical (unpaired) electrons. The van der Waals surface area contributed by atoms with Crippen molar-refractivity contribution in [3.05, 3.63) is 42.5 Å². The van der Waals surface area contributed by atoms with Gasteiger partial charge in [0.2, 0.25) is 0 Å². The lowest BCUT2D eigenvalue weighted by Crippen LogP contribution is -2.27. The van der Waals surface area contributed by atoms with E-state index < -0.39 is 7.92 Å². The number of rotatable bonds is 3. The van der Waals surface area contributed by atoms with E-state index in [1.807, 2.05) is 12.1 Å². The van der Waals surface area contributed by atoms with Crippen LogP contribution in [0.15, 0.2) is 42.5 Å². The van der Waals surface area contributed by atoms with Gasteiger partial charge in [0.25, 0.3) is 0 Å². The van der Waals surface area contributed by atoms with E-state index in [4.69, 9.17) is 9.47 Å². The molecule has 0 fully saturated rings. The number of methoxy groups -OCH3 is 1. The molecule has 1 heterocycles. The average molecular weight is 342 g/mol. The van der Waals surface area contributed by atoms with Crippen molar-refractivity contribution in [2.75, 3.05) is 7.11 Å². The lowest BCUT2D eigenvalue weighted by Gasteiger charge is -2.34. The number of hydrogen-bond acceptors (Lipinski definition) is 2. The number of ether oxygens (including phenoxy) is 2. The molecule has 2 atom stereocenters. The third-order valence-corrected chi connectivity index (χ3v) is 8.03. The monoisotopic (exact) mass is 342 g/mol. The van der Waals surface area contributed by atoms with Gasteiger partial charge in [-0.05, 0) is 36.7 Å². The first kappa shape index (κ1) is 17.3. The molecule has 24 heavy (non-hydrogen) atoms. The smallest absolute Gasteiger partial charge is 0.128 e. The minimum atomic E-state index is -0.444. The Bertz CT molecular complexity index is 731. The second-order valence-corrected chi connectivity index (χ2v) is 10.7. The first-order valence-electron chi connectivity index (χ1n) is 8.57. The van der Waals surface area contributed by atoms with E-state index in [-0.39, 0.29) is 11.0 Å². The summed E-state index contributed by atoms with van der Waals surface area (Å²) >= 11 is 0. The Morgan fingerprint density at radius 3 is 2.29 bits per heavy atom. The molecule has 0 saturated heterocycles. The Kier molecular flexibility index (Phi) is 4.62. The molecule has 128 valence electrons. The topological polar surface area (TPSA) is 18.5 Å². The van der Waals surface area contributed by atoms with Crippen LogP contribution < -0.4 is 14.8 Å². The van der Waals surface area contributed by atoms with E-state index in [2.05, 4.69) is 65.0 Å². The molecule has 2 aromatic rings. The van der Waals surface area contributed by atoms with Crippen LogP contribution in [-0.4, -0.2) is 18.1 Å². The summed E-state index contributed by atoms with van der Waals surface area (Å²) in [5.41, 5.74) is 2.41. The molecule has 1 aliphatic heterocycles. The normalized spacial score (nSPS) is 20.0. The van der Waals surface area contributed by atoms with Crippen molar-refractivity contribution >= 4 is 13.2 Å². The van der Waals surface area contributed by atoms with Crippen LogP contribution in [0.2, 0.25) is 0 Å². The Balaban J connectivity index is 2.23. The maximum absolute atomic E-state index is 6.43. The zero-order chi connectivity index (χ0) is 17.5. The fraction of sp³-hybridized carbons (Fsp3) is 0.429. The summed E-state index contributed by atoms with van der Waals surface area (Å²) < 4.78 is 12.1. The van der Waals surface area contributed by atoms with Gasteiger partial charge in [0.15, 0.2) is 0 Å². The summed E-state index contributed by atoms with van der Waals surface area (Å²) in [6.45, 7) is 11.5. The van der Waals surface area contributed by atoms with Gasteiger partial charge in [-0.25, -0.2) is 0 Å². The van der Waals surface area contributed by atoms with Gasteiger partial charge in [-0.15, -0.1) is 0 Å². The zero-order valence-corrected chi connectivity index (χ0v) is 16.4. The molecule has 0 saturated carbocycles. The fourth-order valence-corrected chi connectivity index (χ4v) is 6.73. The minimum absolute atomic E-state index is 0.188. The minimum Gasteiger partial charge on any atom is -0.496 e. The van der Waals surface area contributed by atoms with Crippen LogP contribution >= 0.6 is 7.92 Å². The van der Waals surface area contributed by atoms with Crippen molar-refractivity contribution in [1.82, 2.24) is 0 Å². The molecule has 0 amide bonds. The molecule has 2 nitrogen and oxygen atoms in total. The van der Waals surface area contributed by atoms with Crippen molar-refractivity contribution in [2.24, 2.45) is 5.92 Å². The molecule has 0 aliphatic carbocycles. The molecule has 1 unspecified atom stereocenters. The predicted octanol–water partition coefficient (Wildman–Crippen LogP) is 5.64. The third-order valence-electron chi connectivity index (χ3n) is 4.43. The number of para-hydroxylation sites is 1. The maximum atomic E-state index is 6.43. The van der Waals surface area contributed by atoms with Crippen LogP contribution in [0, 0.1) is 5.92 Å². The van der Waals surface area contributed by atoms with Crippen LogP contribution in [0.4, 0.5) is 0 Å². The van der Waals surface area contributed by atoms with Crippen molar-refractivity contribution < 1.29 is 9.47 Å². The number of fused-ring (bicyclic) bond motifs is 1. The molecule has 2 aromatic carbocycles. The highest BCUT2D eigenvalue weighted by molar-refractivity contribution is 7.68. The van der Waals surface area contributed by atoms with Crippen molar-refractivity contribution in [2.45, 2.75) is 45.6 Å². The second-order valence-electron chi connectivity index (χ2n) is 7.65. The molecule has 3 heteroatoms. The summed E-state index contributed by atoms with van der Waals surface area (Å²) in [4.78, 5) is 0. The van der Waals surface area contributed by atoms with Crippen LogP contribution in [0.1, 0.15) is 34.6 Å². The third kappa shape index (κ3) is 2.93. The molecule has 3 rings (SSSR count). The highest BCUT2D eigenvalue weighted by Crippen LogP contribution is 2.61. The van der Waals surface area contributed by atoms with Gasteiger partial charge in [0.1, 0.15) is 17.3 Å². The lowest BCUT2D eigenvalue weighted by atomic mass is 10.0. The highest BCUT2D eigenvalue weighted by atomic mass is 31.1. The first-order chi connectivity index (χ1) is 11.3. The molecule has 0 aromatic heterocycles. The SMILES string of the molecule is COc1ccccc1-c1cccc2c1[P@@](C(C)(C)C)C(C(C)C)O2. The Morgan fingerprint density at radius 2 is 1.67 bits per heavy atom. The van der Waals surface area contributed by atoms with Crippen molar-refractivity contribution in [3.63, 3.8) is 0 Å². The summed E-state index contributed by atoms with van der Waals surface area (Å²) in [5, 5.41) is 1.58. The lowest BCUT2D eigenvalue weighted by molar-refractivity contribution is 0.240. The Hall–Kier alpha value is -1.53. The number of hydrogen-bond donors (Lipinski definition) is 0. The fourth-order valence-electron chi connectivity index (χ4n) is 3.41. The first-order valence-corrected chi connectivity index (χ1v) is 9.98. The summed E-state index contributed by atoms with van der Waals surface area (Å²) in [5.74, 6) is 2.74. The predicted molar refractivity (Wildman–Crippen MR) is 104 cm³/mol. The molecule has 0 bridgehead atoms. The van der Waals surface area contributed by atoms with E-state index in [1.54, 1.807) is 7.11 Å². The maximum Gasteiger partial charge on any atom is 0.128 e. The quantitative estimate of drug-likeness (QED) is 0.672. The van der Waals surface area contributed by atoms with Gasteiger partial charge in [-0.1, -0.05) is 65.0 Å². The van der Waals surface area contributed by atoms with Crippen LogP contribution in [0.25, 0.3) is 11.1 Å². The van der Waals surface area contributed by atoms with Gasteiger partial charge in [0, 0.05) is 10.9 Å². The average Bonchev–Trinajstić information content (AvgIpc) is 2.94. The van der Waals surface area contributed by atoms with E-state index >= 15 is 0 Å². The van der Waals surface area contributed by atoms with Crippen molar-refractivity contribution in [1.29, 1.82) is 0 Å². The van der Waals surface area contributed by atoms with E-state index in [9.17, 15) is 0 Å². The highest BCUT2D eigenvalue weighted by Gasteiger charge is 2.44. The Morgan fingerprint density at radius 1 is 1.00 bits per heavy atom. The molecule has 0 spiro atoms. The van der Waals surface area contributed by atoms with Gasteiger partial charge < -0.3 is 9.47 Å². The number of benzene rings is 2. The summed E-state index contributed by atoms with van der Waals surface area (Å²) in [6, 6.07) is 14.7. The van der Waals surface area contributed by atoms with E-state index in [1.165, 1.54) is 10.9 Å². The molecule has 1 aliphatic rings. The van der Waals surface area contributed by atoms with Crippen LogP contribution in [0.5, 0.6) is 11.5 Å². The summed E-state index contributed by atoms with van der Waals surface area (Å²) in [7, 11) is 1.29.